The topological polar surface area (TPSA) is 53.6 Å². The third kappa shape index (κ3) is 3.09. The van der Waals surface area contributed by atoms with Gasteiger partial charge in [0.15, 0.2) is 0 Å². The summed E-state index contributed by atoms with van der Waals surface area (Å²) in [5.41, 5.74) is -0.408. The molecule has 0 aromatic carbocycles. The zero-order valence-corrected chi connectivity index (χ0v) is 12.8. The number of ether oxygens (including phenoxy) is 1. The first-order chi connectivity index (χ1) is 9.44. The summed E-state index contributed by atoms with van der Waals surface area (Å²) in [7, 11) is 0. The van der Waals surface area contributed by atoms with E-state index in [0.29, 0.717) is 17.9 Å². The number of hydrogen-bond donors (Lipinski definition) is 2. The summed E-state index contributed by atoms with van der Waals surface area (Å²) in [6, 6.07) is 1.11. The van der Waals surface area contributed by atoms with Gasteiger partial charge in [-0.25, -0.2) is 4.79 Å². The average molecular weight is 281 g/mol. The van der Waals surface area contributed by atoms with Crippen LogP contribution in [0.15, 0.2) is 0 Å². The Morgan fingerprint density at radius 2 is 1.80 bits per heavy atom. The molecule has 3 fully saturated rings. The largest absolute Gasteiger partial charge is 0.444 e. The lowest BCUT2D eigenvalue weighted by molar-refractivity contribution is 0.0511. The van der Waals surface area contributed by atoms with Crippen molar-refractivity contribution in [2.24, 2.45) is 11.8 Å². The first kappa shape index (κ1) is 14.1. The molecule has 114 valence electrons. The minimum Gasteiger partial charge on any atom is -0.444 e. The quantitative estimate of drug-likeness (QED) is 0.798. The van der Waals surface area contributed by atoms with E-state index in [1.165, 1.54) is 12.8 Å². The van der Waals surface area contributed by atoms with Gasteiger partial charge in [-0.1, -0.05) is 0 Å². The van der Waals surface area contributed by atoms with Crippen LogP contribution >= 0.6 is 0 Å². The number of nitrogens with zero attached hydrogens (tertiary/aromatic N) is 1. The summed E-state index contributed by atoms with van der Waals surface area (Å²) < 4.78 is 5.33. The average Bonchev–Trinajstić information content (AvgIpc) is 2.84. The molecule has 0 spiro atoms. The molecule has 2 unspecified atom stereocenters. The number of alkyl carbamates (subject to hydrolysis) is 1. The van der Waals surface area contributed by atoms with Crippen LogP contribution < -0.4 is 10.6 Å². The van der Waals surface area contributed by atoms with Crippen LogP contribution in [0.2, 0.25) is 0 Å². The van der Waals surface area contributed by atoms with Crippen molar-refractivity contribution in [3.63, 3.8) is 0 Å². The predicted molar refractivity (Wildman–Crippen MR) is 77.6 cm³/mol. The minimum atomic E-state index is -0.408. The van der Waals surface area contributed by atoms with E-state index in [0.717, 1.165) is 32.2 Å². The highest BCUT2D eigenvalue weighted by Gasteiger charge is 2.57. The van der Waals surface area contributed by atoms with Crippen LogP contribution in [-0.4, -0.2) is 54.9 Å². The standard InChI is InChI=1S/C15H27N3O2/c1-15(2,3)20-14(19)17-13-11-8-18(9-12(11)13)10-4-6-16-7-5-10/h10-13,16H,4-9H2,1-3H3,(H,17,19). The highest BCUT2D eigenvalue weighted by molar-refractivity contribution is 5.68. The number of piperidine rings is 2. The molecule has 20 heavy (non-hydrogen) atoms. The van der Waals surface area contributed by atoms with Gasteiger partial charge in [0, 0.05) is 25.2 Å². The lowest BCUT2D eigenvalue weighted by Crippen LogP contribution is -2.45. The van der Waals surface area contributed by atoms with Crippen LogP contribution in [0, 0.1) is 11.8 Å². The van der Waals surface area contributed by atoms with E-state index < -0.39 is 5.60 Å². The number of nitrogens with one attached hydrogen (secondary N) is 2. The van der Waals surface area contributed by atoms with E-state index in [1.54, 1.807) is 0 Å². The van der Waals surface area contributed by atoms with Crippen LogP contribution in [0.25, 0.3) is 0 Å². The third-order valence-electron chi connectivity index (χ3n) is 4.73. The maximum Gasteiger partial charge on any atom is 0.407 e. The summed E-state index contributed by atoms with van der Waals surface area (Å²) in [6.45, 7) is 10.3. The van der Waals surface area contributed by atoms with Crippen molar-refractivity contribution in [2.75, 3.05) is 26.2 Å². The van der Waals surface area contributed by atoms with Gasteiger partial charge in [-0.2, -0.15) is 0 Å². The summed E-state index contributed by atoms with van der Waals surface area (Å²) in [5, 5.41) is 6.45. The molecule has 3 aliphatic rings. The SMILES string of the molecule is CC(C)(C)OC(=O)NC1C2CN(C3CCNCC3)CC21. The van der Waals surface area contributed by atoms with Crippen molar-refractivity contribution in [3.05, 3.63) is 0 Å². The molecule has 0 aromatic heterocycles. The molecular weight excluding hydrogens is 254 g/mol. The predicted octanol–water partition coefficient (Wildman–Crippen LogP) is 1.19. The smallest absolute Gasteiger partial charge is 0.407 e. The molecule has 2 atom stereocenters. The molecule has 2 N–H and O–H groups in total. The Hall–Kier alpha value is -0.810. The monoisotopic (exact) mass is 281 g/mol. The second kappa shape index (κ2) is 5.19. The van der Waals surface area contributed by atoms with E-state index in [4.69, 9.17) is 4.74 Å². The maximum absolute atomic E-state index is 11.8. The number of rotatable bonds is 2. The number of carbonyl (C=O) groups excluding carboxylic acids is 1. The van der Waals surface area contributed by atoms with Gasteiger partial charge in [0.25, 0.3) is 0 Å². The molecule has 5 nitrogen and oxygen atoms in total. The highest BCUT2D eigenvalue weighted by Crippen LogP contribution is 2.46. The van der Waals surface area contributed by atoms with Gasteiger partial charge in [-0.3, -0.25) is 4.90 Å². The number of likely N-dealkylation sites (tertiary alicyclic amines) is 1. The fourth-order valence-electron chi connectivity index (χ4n) is 3.69. The molecule has 1 saturated carbocycles. The fraction of sp³-hybridized carbons (Fsp3) is 0.933. The second-order valence-corrected chi connectivity index (χ2v) is 7.43. The van der Waals surface area contributed by atoms with E-state index in [1.807, 2.05) is 20.8 Å². The molecule has 3 rings (SSSR count). The van der Waals surface area contributed by atoms with Gasteiger partial charge < -0.3 is 15.4 Å². The van der Waals surface area contributed by atoms with E-state index in [9.17, 15) is 4.79 Å². The molecule has 2 saturated heterocycles. The summed E-state index contributed by atoms with van der Waals surface area (Å²) in [5.74, 6) is 1.30. The summed E-state index contributed by atoms with van der Waals surface area (Å²) in [6.07, 6.45) is 2.28. The molecule has 0 radical (unpaired) electrons. The molecule has 2 heterocycles. The van der Waals surface area contributed by atoms with Gasteiger partial charge in [0.05, 0.1) is 0 Å². The van der Waals surface area contributed by atoms with Crippen molar-refractivity contribution in [3.8, 4) is 0 Å². The van der Waals surface area contributed by atoms with Gasteiger partial charge in [0.1, 0.15) is 5.60 Å². The van der Waals surface area contributed by atoms with Crippen LogP contribution in [0.3, 0.4) is 0 Å². The Morgan fingerprint density at radius 1 is 1.20 bits per heavy atom. The van der Waals surface area contributed by atoms with Gasteiger partial charge in [-0.15, -0.1) is 0 Å². The van der Waals surface area contributed by atoms with Crippen molar-refractivity contribution in [2.45, 2.75) is 51.3 Å². The minimum absolute atomic E-state index is 0.259. The molecule has 0 aromatic rings. The molecule has 5 heteroatoms. The Morgan fingerprint density at radius 3 is 2.35 bits per heavy atom. The number of fused-ring (bicyclic) bond motifs is 1. The van der Waals surface area contributed by atoms with Gasteiger partial charge >= 0.3 is 6.09 Å². The number of hydrogen-bond acceptors (Lipinski definition) is 4. The van der Waals surface area contributed by atoms with Crippen molar-refractivity contribution in [1.29, 1.82) is 0 Å². The second-order valence-electron chi connectivity index (χ2n) is 7.43. The van der Waals surface area contributed by atoms with E-state index >= 15 is 0 Å². The van der Waals surface area contributed by atoms with Crippen molar-refractivity contribution < 1.29 is 9.53 Å². The zero-order valence-electron chi connectivity index (χ0n) is 12.8. The number of carbonyl (C=O) groups is 1. The maximum atomic E-state index is 11.8. The lowest BCUT2D eigenvalue weighted by Gasteiger charge is -2.33. The third-order valence-corrected chi connectivity index (χ3v) is 4.73. The van der Waals surface area contributed by atoms with E-state index in [-0.39, 0.29) is 6.09 Å². The zero-order chi connectivity index (χ0) is 14.3. The van der Waals surface area contributed by atoms with Gasteiger partial charge in [-0.05, 0) is 58.5 Å². The van der Waals surface area contributed by atoms with E-state index in [2.05, 4.69) is 15.5 Å². The van der Waals surface area contributed by atoms with Gasteiger partial charge in [0.2, 0.25) is 0 Å². The van der Waals surface area contributed by atoms with Crippen LogP contribution in [0.5, 0.6) is 0 Å². The summed E-state index contributed by atoms with van der Waals surface area (Å²) >= 11 is 0. The van der Waals surface area contributed by atoms with Crippen molar-refractivity contribution >= 4 is 6.09 Å². The molecule has 1 amide bonds. The first-order valence-corrected chi connectivity index (χ1v) is 7.88. The highest BCUT2D eigenvalue weighted by atomic mass is 16.6. The van der Waals surface area contributed by atoms with Crippen LogP contribution in [0.4, 0.5) is 4.79 Å². The Kier molecular flexibility index (Phi) is 3.67. The van der Waals surface area contributed by atoms with Crippen molar-refractivity contribution in [1.82, 2.24) is 15.5 Å². The van der Waals surface area contributed by atoms with Crippen LogP contribution in [-0.2, 0) is 4.74 Å². The Labute approximate surface area is 121 Å². The Bertz CT molecular complexity index is 362. The molecule has 1 aliphatic carbocycles. The number of amides is 1. The van der Waals surface area contributed by atoms with Crippen LogP contribution in [0.1, 0.15) is 33.6 Å². The fourth-order valence-corrected chi connectivity index (χ4v) is 3.69. The summed E-state index contributed by atoms with van der Waals surface area (Å²) in [4.78, 5) is 14.4. The first-order valence-electron chi connectivity index (χ1n) is 7.88. The normalized spacial score (nSPS) is 34.6. The molecular formula is C15H27N3O2. The molecule has 0 bridgehead atoms. The lowest BCUT2D eigenvalue weighted by atomic mass is 10.0. The molecule has 2 aliphatic heterocycles. The Balaban J connectivity index is 1.42.